The zero-order valence-electron chi connectivity index (χ0n) is 11.3. The molecule has 0 spiro atoms. The number of amides is 1. The summed E-state index contributed by atoms with van der Waals surface area (Å²) in [4.78, 5) is 25.5. The van der Waals surface area contributed by atoms with Gasteiger partial charge in [0.1, 0.15) is 5.60 Å². The van der Waals surface area contributed by atoms with Gasteiger partial charge in [-0.3, -0.25) is 0 Å². The van der Waals surface area contributed by atoms with Crippen LogP contribution in [-0.2, 0) is 9.53 Å². The number of alkyl carbamates (subject to hydrolysis) is 1. The van der Waals surface area contributed by atoms with E-state index >= 15 is 0 Å². The molecule has 0 saturated carbocycles. The molecular formula is C14H18N2O3. The van der Waals surface area contributed by atoms with Crippen LogP contribution in [0.3, 0.4) is 0 Å². The molecule has 0 bridgehead atoms. The lowest BCUT2D eigenvalue weighted by Gasteiger charge is -2.23. The maximum absolute atomic E-state index is 11.7. The van der Waals surface area contributed by atoms with Crippen LogP contribution in [0, 0.1) is 0 Å². The Labute approximate surface area is 112 Å². The van der Waals surface area contributed by atoms with Gasteiger partial charge in [-0.2, -0.15) is 0 Å². The van der Waals surface area contributed by atoms with E-state index in [-0.39, 0.29) is 6.54 Å². The molecule has 0 heterocycles. The van der Waals surface area contributed by atoms with Gasteiger partial charge >= 0.3 is 6.09 Å². The van der Waals surface area contributed by atoms with Crippen molar-refractivity contribution in [3.05, 3.63) is 35.9 Å². The number of rotatable bonds is 4. The van der Waals surface area contributed by atoms with Crippen LogP contribution >= 0.6 is 0 Å². The molecule has 0 aromatic heterocycles. The van der Waals surface area contributed by atoms with E-state index in [1.807, 2.05) is 30.3 Å². The average Bonchev–Trinajstić information content (AvgIpc) is 2.33. The van der Waals surface area contributed by atoms with Crippen LogP contribution in [0.15, 0.2) is 35.3 Å². The monoisotopic (exact) mass is 262 g/mol. The molecule has 1 amide bonds. The van der Waals surface area contributed by atoms with E-state index in [2.05, 4.69) is 10.3 Å². The second kappa shape index (κ2) is 6.71. The molecule has 0 fully saturated rings. The first-order valence-corrected chi connectivity index (χ1v) is 6.00. The van der Waals surface area contributed by atoms with Crippen LogP contribution in [0.2, 0.25) is 0 Å². The summed E-state index contributed by atoms with van der Waals surface area (Å²) < 4.78 is 5.18. The lowest BCUT2D eigenvalue weighted by Crippen LogP contribution is -2.36. The fourth-order valence-corrected chi connectivity index (χ4v) is 1.50. The van der Waals surface area contributed by atoms with E-state index < -0.39 is 17.7 Å². The number of carbonyl (C=O) groups excluding carboxylic acids is 2. The molecular weight excluding hydrogens is 244 g/mol. The number of benzene rings is 1. The normalized spacial score (nSPS) is 12.2. The Kier molecular flexibility index (Phi) is 5.27. The summed E-state index contributed by atoms with van der Waals surface area (Å²) in [7, 11) is 0. The third-order valence-electron chi connectivity index (χ3n) is 2.23. The van der Waals surface area contributed by atoms with Gasteiger partial charge in [0, 0.05) is 0 Å². The van der Waals surface area contributed by atoms with E-state index in [0.717, 1.165) is 5.56 Å². The van der Waals surface area contributed by atoms with Crippen molar-refractivity contribution >= 4 is 12.2 Å². The Hall–Kier alpha value is -2.13. The molecule has 1 atom stereocenters. The molecule has 0 radical (unpaired) electrons. The molecule has 0 aliphatic heterocycles. The lowest BCUT2D eigenvalue weighted by atomic mass is 10.1. The topological polar surface area (TPSA) is 67.8 Å². The minimum Gasteiger partial charge on any atom is -0.444 e. The highest BCUT2D eigenvalue weighted by Gasteiger charge is 2.20. The van der Waals surface area contributed by atoms with Gasteiger partial charge < -0.3 is 10.1 Å². The molecule has 1 N–H and O–H groups in total. The summed E-state index contributed by atoms with van der Waals surface area (Å²) in [5, 5.41) is 2.69. The van der Waals surface area contributed by atoms with Crippen molar-refractivity contribution in [2.45, 2.75) is 32.4 Å². The van der Waals surface area contributed by atoms with E-state index in [4.69, 9.17) is 4.74 Å². The molecule has 1 aromatic carbocycles. The summed E-state index contributed by atoms with van der Waals surface area (Å²) in [5.41, 5.74) is 0.284. The summed E-state index contributed by atoms with van der Waals surface area (Å²) in [5.74, 6) is 0. The van der Waals surface area contributed by atoms with Crippen LogP contribution in [0.4, 0.5) is 4.79 Å². The molecule has 1 aromatic rings. The van der Waals surface area contributed by atoms with Crippen LogP contribution in [0.25, 0.3) is 0 Å². The zero-order valence-corrected chi connectivity index (χ0v) is 11.3. The Morgan fingerprint density at radius 1 is 1.37 bits per heavy atom. The molecule has 0 unspecified atom stereocenters. The van der Waals surface area contributed by atoms with Crippen molar-refractivity contribution in [2.24, 2.45) is 4.99 Å². The maximum atomic E-state index is 11.7. The largest absolute Gasteiger partial charge is 0.444 e. The SMILES string of the molecule is CC(C)(C)OC(=O)N[C@@H](CN=C=O)c1ccccc1. The molecule has 0 aliphatic carbocycles. The highest BCUT2D eigenvalue weighted by molar-refractivity contribution is 5.68. The average molecular weight is 262 g/mol. The molecule has 0 aliphatic rings. The highest BCUT2D eigenvalue weighted by Crippen LogP contribution is 2.14. The third-order valence-corrected chi connectivity index (χ3v) is 2.23. The van der Waals surface area contributed by atoms with Gasteiger partial charge in [-0.1, -0.05) is 30.3 Å². The highest BCUT2D eigenvalue weighted by atomic mass is 16.6. The Morgan fingerprint density at radius 3 is 2.53 bits per heavy atom. The minimum atomic E-state index is -0.570. The second-order valence-electron chi connectivity index (χ2n) is 5.04. The lowest BCUT2D eigenvalue weighted by molar-refractivity contribution is 0.0505. The summed E-state index contributed by atoms with van der Waals surface area (Å²) in [6.45, 7) is 5.49. The van der Waals surface area contributed by atoms with E-state index in [1.54, 1.807) is 20.8 Å². The molecule has 5 nitrogen and oxygen atoms in total. The fourth-order valence-electron chi connectivity index (χ4n) is 1.50. The van der Waals surface area contributed by atoms with Crippen molar-refractivity contribution < 1.29 is 14.3 Å². The van der Waals surface area contributed by atoms with Gasteiger partial charge in [0.15, 0.2) is 0 Å². The van der Waals surface area contributed by atoms with E-state index in [9.17, 15) is 9.59 Å². The van der Waals surface area contributed by atoms with Gasteiger partial charge in [-0.05, 0) is 26.3 Å². The molecule has 102 valence electrons. The molecule has 5 heteroatoms. The number of nitrogens with zero attached hydrogens (tertiary/aromatic N) is 1. The summed E-state index contributed by atoms with van der Waals surface area (Å²) >= 11 is 0. The van der Waals surface area contributed by atoms with Crippen LogP contribution in [-0.4, -0.2) is 24.3 Å². The standard InChI is InChI=1S/C14H18N2O3/c1-14(2,3)19-13(18)16-12(9-15-10-17)11-7-5-4-6-8-11/h4-8,12H,9H2,1-3H3,(H,16,18)/t12-/m0/s1. The zero-order chi connectivity index (χ0) is 14.3. The minimum absolute atomic E-state index is 0.132. The first-order valence-electron chi connectivity index (χ1n) is 6.00. The fraction of sp³-hybridized carbons (Fsp3) is 0.429. The number of aliphatic imine (C=N–C) groups is 1. The maximum Gasteiger partial charge on any atom is 0.408 e. The van der Waals surface area contributed by atoms with Crippen molar-refractivity contribution in [3.63, 3.8) is 0 Å². The summed E-state index contributed by atoms with van der Waals surface area (Å²) in [6.07, 6.45) is 0.933. The number of carbonyl (C=O) groups is 1. The van der Waals surface area contributed by atoms with Crippen LogP contribution in [0.1, 0.15) is 32.4 Å². The van der Waals surface area contributed by atoms with Crippen LogP contribution < -0.4 is 5.32 Å². The van der Waals surface area contributed by atoms with Gasteiger partial charge in [0.2, 0.25) is 6.08 Å². The first kappa shape index (κ1) is 14.9. The number of nitrogens with one attached hydrogen (secondary N) is 1. The van der Waals surface area contributed by atoms with Gasteiger partial charge in [0.05, 0.1) is 12.6 Å². The van der Waals surface area contributed by atoms with Gasteiger partial charge in [-0.15, -0.1) is 0 Å². The number of hydrogen-bond acceptors (Lipinski definition) is 4. The van der Waals surface area contributed by atoms with Gasteiger partial charge in [-0.25, -0.2) is 14.6 Å². The Morgan fingerprint density at radius 2 is 2.00 bits per heavy atom. The second-order valence-corrected chi connectivity index (χ2v) is 5.04. The van der Waals surface area contributed by atoms with E-state index in [1.165, 1.54) is 6.08 Å². The van der Waals surface area contributed by atoms with Crippen molar-refractivity contribution in [1.29, 1.82) is 0 Å². The predicted molar refractivity (Wildman–Crippen MR) is 71.5 cm³/mol. The number of hydrogen-bond donors (Lipinski definition) is 1. The third kappa shape index (κ3) is 5.84. The number of isocyanates is 1. The molecule has 19 heavy (non-hydrogen) atoms. The Balaban J connectivity index is 2.76. The predicted octanol–water partition coefficient (Wildman–Crippen LogP) is 2.59. The number of ether oxygens (including phenoxy) is 1. The summed E-state index contributed by atoms with van der Waals surface area (Å²) in [6, 6.07) is 8.87. The smallest absolute Gasteiger partial charge is 0.408 e. The quantitative estimate of drug-likeness (QED) is 0.670. The first-order chi connectivity index (χ1) is 8.92. The van der Waals surface area contributed by atoms with Gasteiger partial charge in [0.25, 0.3) is 0 Å². The Bertz CT molecular complexity index is 459. The van der Waals surface area contributed by atoms with Crippen molar-refractivity contribution in [2.75, 3.05) is 6.54 Å². The molecule has 1 rings (SSSR count). The van der Waals surface area contributed by atoms with E-state index in [0.29, 0.717) is 0 Å². The van der Waals surface area contributed by atoms with Crippen molar-refractivity contribution in [3.8, 4) is 0 Å². The molecule has 0 saturated heterocycles. The van der Waals surface area contributed by atoms with Crippen molar-refractivity contribution in [1.82, 2.24) is 5.32 Å². The van der Waals surface area contributed by atoms with Crippen LogP contribution in [0.5, 0.6) is 0 Å².